The summed E-state index contributed by atoms with van der Waals surface area (Å²) in [6, 6.07) is 1.54. The molecule has 1 aromatic carbocycles. The number of piperazine rings is 1. The Balaban J connectivity index is 1.41. The first-order chi connectivity index (χ1) is 22.5. The molecule has 6 rings (SSSR count). The van der Waals surface area contributed by atoms with Crippen LogP contribution in [0.5, 0.6) is 0 Å². The van der Waals surface area contributed by atoms with Crippen LogP contribution in [0, 0.1) is 0 Å². The van der Waals surface area contributed by atoms with Crippen LogP contribution in [0.25, 0.3) is 11.4 Å². The van der Waals surface area contributed by atoms with E-state index < -0.39 is 40.9 Å². The maximum Gasteiger partial charge on any atom is 0.416 e. The third-order valence-electron chi connectivity index (χ3n) is 8.74. The van der Waals surface area contributed by atoms with Crippen LogP contribution in [-0.2, 0) is 20.4 Å². The standard InChI is InChI=1S/C32H37ClF3N7O5/c1-17-14-23(27(44)37-22-7-6-20(15-21(22)33)32(34,35)36)42-24(17)25(40-10-11-41(18(2)16-40)30(46)48-31(3,4)5)28(45)43-29(42)38-26(39-43)19-8-12-47-13-9-19/h6-8,15,17-18,23H,9-14,16H2,1-5H3,(H,37,44)/t17-,18-,23-/m1/s1. The number of aromatic nitrogens is 4. The highest BCUT2D eigenvalue weighted by molar-refractivity contribution is 6.33. The van der Waals surface area contributed by atoms with Crippen molar-refractivity contribution < 1.29 is 32.2 Å². The number of amides is 2. The van der Waals surface area contributed by atoms with E-state index in [2.05, 4.69) is 10.4 Å². The van der Waals surface area contributed by atoms with Crippen molar-refractivity contribution in [3.05, 3.63) is 56.7 Å². The van der Waals surface area contributed by atoms with Gasteiger partial charge in [-0.3, -0.25) is 14.2 Å². The number of hydrogen-bond donors (Lipinski definition) is 1. The molecule has 2 aromatic heterocycles. The fraction of sp³-hybridized carbons (Fsp3) is 0.531. The van der Waals surface area contributed by atoms with Gasteiger partial charge in [-0.15, -0.1) is 5.10 Å². The van der Waals surface area contributed by atoms with Crippen LogP contribution in [0.15, 0.2) is 29.1 Å². The van der Waals surface area contributed by atoms with Crippen molar-refractivity contribution in [2.75, 3.05) is 43.1 Å². The lowest BCUT2D eigenvalue weighted by atomic mass is 10.0. The first-order valence-corrected chi connectivity index (χ1v) is 16.2. The number of ether oxygens (including phenoxy) is 2. The SMILES string of the molecule is C[C@@H]1C[C@H](C(=O)Nc2ccc(C(F)(F)F)cc2Cl)n2c1c(N1CCN(C(=O)OC(C)(C)C)[C@H](C)C1)c(=O)n1nc(C3=CCOCC3)nc21. The number of anilines is 2. The summed E-state index contributed by atoms with van der Waals surface area (Å²) in [7, 11) is 0. The molecule has 3 aliphatic heterocycles. The van der Waals surface area contributed by atoms with Crippen molar-refractivity contribution in [3.63, 3.8) is 0 Å². The van der Waals surface area contributed by atoms with Gasteiger partial charge in [0.25, 0.3) is 5.56 Å². The average molecular weight is 692 g/mol. The maximum absolute atomic E-state index is 14.3. The second kappa shape index (κ2) is 12.4. The summed E-state index contributed by atoms with van der Waals surface area (Å²) < 4.78 is 53.7. The molecule has 0 radical (unpaired) electrons. The number of carbonyl (C=O) groups is 2. The van der Waals surface area contributed by atoms with Gasteiger partial charge in [0, 0.05) is 31.6 Å². The van der Waals surface area contributed by atoms with Gasteiger partial charge < -0.3 is 24.6 Å². The minimum atomic E-state index is -4.60. The van der Waals surface area contributed by atoms with E-state index in [9.17, 15) is 27.6 Å². The van der Waals surface area contributed by atoms with Gasteiger partial charge in [0.05, 0.1) is 35.2 Å². The number of nitrogens with zero attached hydrogens (tertiary/aromatic N) is 6. The predicted molar refractivity (Wildman–Crippen MR) is 172 cm³/mol. The Labute approximate surface area is 279 Å². The molecular weight excluding hydrogens is 655 g/mol. The molecule has 12 nitrogen and oxygen atoms in total. The number of carbonyl (C=O) groups excluding carboxylic acids is 2. The van der Waals surface area contributed by atoms with Gasteiger partial charge >= 0.3 is 12.3 Å². The Morgan fingerprint density at radius 2 is 1.90 bits per heavy atom. The molecule has 0 saturated carbocycles. The third kappa shape index (κ3) is 6.37. The van der Waals surface area contributed by atoms with Crippen molar-refractivity contribution >= 4 is 46.3 Å². The Morgan fingerprint density at radius 3 is 2.52 bits per heavy atom. The summed E-state index contributed by atoms with van der Waals surface area (Å²) in [5.74, 6) is -0.311. The Hall–Kier alpha value is -4.11. The van der Waals surface area contributed by atoms with E-state index in [0.717, 1.165) is 23.8 Å². The van der Waals surface area contributed by atoms with Crippen LogP contribution in [0.4, 0.5) is 29.3 Å². The zero-order chi connectivity index (χ0) is 34.7. The van der Waals surface area contributed by atoms with Gasteiger partial charge in [-0.1, -0.05) is 24.6 Å². The van der Waals surface area contributed by atoms with Gasteiger partial charge in [0.2, 0.25) is 11.7 Å². The van der Waals surface area contributed by atoms with Gasteiger partial charge in [-0.2, -0.15) is 22.7 Å². The fourth-order valence-corrected chi connectivity index (χ4v) is 6.73. The van der Waals surface area contributed by atoms with Crippen molar-refractivity contribution in [2.24, 2.45) is 0 Å². The number of halogens is 4. The zero-order valence-electron chi connectivity index (χ0n) is 27.2. The monoisotopic (exact) mass is 691 g/mol. The number of benzene rings is 1. The molecule has 3 aliphatic rings. The number of alkyl halides is 3. The summed E-state index contributed by atoms with van der Waals surface area (Å²) in [5, 5.41) is 7.03. The van der Waals surface area contributed by atoms with Crippen LogP contribution in [0.2, 0.25) is 5.02 Å². The highest BCUT2D eigenvalue weighted by atomic mass is 35.5. The molecule has 0 unspecified atom stereocenters. The number of rotatable bonds is 4. The second-order valence-corrected chi connectivity index (χ2v) is 13.8. The molecule has 3 atom stereocenters. The van der Waals surface area contributed by atoms with E-state index in [0.29, 0.717) is 56.5 Å². The predicted octanol–water partition coefficient (Wildman–Crippen LogP) is 5.50. The first-order valence-electron chi connectivity index (χ1n) is 15.8. The molecule has 1 fully saturated rings. The van der Waals surface area contributed by atoms with E-state index >= 15 is 0 Å². The number of nitrogens with one attached hydrogen (secondary N) is 1. The molecule has 0 aliphatic carbocycles. The lowest BCUT2D eigenvalue weighted by Crippen LogP contribution is -2.56. The lowest BCUT2D eigenvalue weighted by Gasteiger charge is -2.41. The third-order valence-corrected chi connectivity index (χ3v) is 9.05. The quantitative estimate of drug-likeness (QED) is 0.381. The smallest absolute Gasteiger partial charge is 0.416 e. The summed E-state index contributed by atoms with van der Waals surface area (Å²) in [6.07, 6.45) is -2.36. The first kappa shape index (κ1) is 33.8. The molecule has 16 heteroatoms. The van der Waals surface area contributed by atoms with Crippen LogP contribution in [0.3, 0.4) is 0 Å². The molecule has 0 spiro atoms. The van der Waals surface area contributed by atoms with Gasteiger partial charge in [-0.25, -0.2) is 4.79 Å². The van der Waals surface area contributed by atoms with Crippen LogP contribution >= 0.6 is 11.6 Å². The molecule has 5 heterocycles. The van der Waals surface area contributed by atoms with Crippen molar-refractivity contribution in [1.29, 1.82) is 0 Å². The maximum atomic E-state index is 14.3. The Kier molecular flexibility index (Phi) is 8.73. The van der Waals surface area contributed by atoms with Crippen molar-refractivity contribution in [3.8, 4) is 0 Å². The lowest BCUT2D eigenvalue weighted by molar-refractivity contribution is -0.137. The molecule has 48 heavy (non-hydrogen) atoms. The van der Waals surface area contributed by atoms with Crippen LogP contribution in [0.1, 0.15) is 76.5 Å². The van der Waals surface area contributed by atoms with E-state index in [-0.39, 0.29) is 34.9 Å². The minimum Gasteiger partial charge on any atom is -0.444 e. The van der Waals surface area contributed by atoms with Crippen molar-refractivity contribution in [2.45, 2.75) is 77.2 Å². The minimum absolute atomic E-state index is 0.0228. The van der Waals surface area contributed by atoms with E-state index in [1.807, 2.05) is 24.8 Å². The second-order valence-electron chi connectivity index (χ2n) is 13.4. The molecule has 1 N–H and O–H groups in total. The van der Waals surface area contributed by atoms with E-state index in [1.54, 1.807) is 30.2 Å². The summed E-state index contributed by atoms with van der Waals surface area (Å²) in [5.41, 5.74) is -0.236. The number of hydrogen-bond acceptors (Lipinski definition) is 8. The highest BCUT2D eigenvalue weighted by Crippen LogP contribution is 2.42. The van der Waals surface area contributed by atoms with Crippen molar-refractivity contribution in [1.82, 2.24) is 24.1 Å². The molecular formula is C32H37ClF3N7O5. The normalized spacial score (nSPS) is 21.7. The van der Waals surface area contributed by atoms with Gasteiger partial charge in [0.1, 0.15) is 17.3 Å². The van der Waals surface area contributed by atoms with Gasteiger partial charge in [-0.05, 0) is 64.3 Å². The molecule has 0 bridgehead atoms. The van der Waals surface area contributed by atoms with E-state index in [1.165, 1.54) is 4.52 Å². The molecule has 2 amide bonds. The zero-order valence-corrected chi connectivity index (χ0v) is 28.0. The number of fused-ring (bicyclic) bond motifs is 3. The Morgan fingerprint density at radius 1 is 1.15 bits per heavy atom. The summed E-state index contributed by atoms with van der Waals surface area (Å²) in [4.78, 5) is 49.5. The molecule has 258 valence electrons. The largest absolute Gasteiger partial charge is 0.444 e. The summed E-state index contributed by atoms with van der Waals surface area (Å²) in [6.45, 7) is 11.0. The molecule has 1 saturated heterocycles. The highest BCUT2D eigenvalue weighted by Gasteiger charge is 2.42. The van der Waals surface area contributed by atoms with Gasteiger partial charge in [0.15, 0.2) is 5.82 Å². The topological polar surface area (TPSA) is 123 Å². The Bertz CT molecular complexity index is 1870. The van der Waals surface area contributed by atoms with E-state index in [4.69, 9.17) is 26.1 Å². The van der Waals surface area contributed by atoms with Crippen LogP contribution < -0.4 is 15.8 Å². The molecule has 3 aromatic rings. The fourth-order valence-electron chi connectivity index (χ4n) is 6.51. The summed E-state index contributed by atoms with van der Waals surface area (Å²) >= 11 is 6.18. The average Bonchev–Trinajstić information content (AvgIpc) is 3.60. The van der Waals surface area contributed by atoms with Crippen LogP contribution in [-0.4, -0.2) is 80.6 Å².